The number of esters is 1. The molecule has 4 heteroatoms. The van der Waals surface area contributed by atoms with Gasteiger partial charge in [0, 0.05) is 17.9 Å². The zero-order valence-electron chi connectivity index (χ0n) is 11.1. The second-order valence-corrected chi connectivity index (χ2v) is 7.33. The fourth-order valence-corrected chi connectivity index (χ4v) is 4.81. The number of hydrogen-bond acceptors (Lipinski definition) is 3. The van der Waals surface area contributed by atoms with Crippen LogP contribution >= 0.6 is 22.6 Å². The van der Waals surface area contributed by atoms with Crippen molar-refractivity contribution in [1.82, 2.24) is 0 Å². The smallest absolute Gasteiger partial charge is 0.334 e. The number of ether oxygens (including phenoxy) is 1. The third-order valence-electron chi connectivity index (χ3n) is 4.99. The molecule has 0 aromatic heterocycles. The molecule has 19 heavy (non-hydrogen) atoms. The minimum Gasteiger partial charge on any atom is -0.457 e. The quantitative estimate of drug-likeness (QED) is 0.284. The number of carbonyl (C=O) groups excluding carboxylic acids is 2. The summed E-state index contributed by atoms with van der Waals surface area (Å²) < 4.78 is 5.76. The normalized spacial score (nSPS) is 42.1. The Morgan fingerprint density at radius 2 is 1.95 bits per heavy atom. The van der Waals surface area contributed by atoms with Crippen molar-refractivity contribution in [3.8, 4) is 0 Å². The summed E-state index contributed by atoms with van der Waals surface area (Å²) in [5.41, 5.74) is 2.73. The van der Waals surface area contributed by atoms with E-state index < -0.39 is 0 Å². The predicted molar refractivity (Wildman–Crippen MR) is 79.9 cm³/mol. The van der Waals surface area contributed by atoms with E-state index in [0.717, 1.165) is 12.0 Å². The molecule has 3 aliphatic rings. The lowest BCUT2D eigenvalue weighted by Gasteiger charge is -2.26. The first-order valence-corrected chi connectivity index (χ1v) is 7.93. The molecule has 0 aromatic rings. The van der Waals surface area contributed by atoms with Crippen LogP contribution in [0.15, 0.2) is 23.3 Å². The zero-order chi connectivity index (χ0) is 13.9. The van der Waals surface area contributed by atoms with Gasteiger partial charge in [0.2, 0.25) is 0 Å². The van der Waals surface area contributed by atoms with Crippen molar-refractivity contribution in [2.24, 2.45) is 17.8 Å². The van der Waals surface area contributed by atoms with E-state index in [9.17, 15) is 9.59 Å². The molecule has 1 saturated heterocycles. The highest BCUT2D eigenvalue weighted by Crippen LogP contribution is 2.50. The van der Waals surface area contributed by atoms with Crippen LogP contribution in [0.3, 0.4) is 0 Å². The number of Topliss-reactive ketones (excluding diaryl/α,β-unsaturated/α-hetero) is 1. The number of alkyl halides is 1. The molecule has 0 spiro atoms. The van der Waals surface area contributed by atoms with Crippen LogP contribution in [0.2, 0.25) is 0 Å². The van der Waals surface area contributed by atoms with Crippen LogP contribution < -0.4 is 0 Å². The van der Waals surface area contributed by atoms with E-state index in [2.05, 4.69) is 36.1 Å². The second-order valence-electron chi connectivity index (χ2n) is 5.89. The maximum absolute atomic E-state index is 12.0. The van der Waals surface area contributed by atoms with Gasteiger partial charge >= 0.3 is 5.97 Å². The van der Waals surface area contributed by atoms with Gasteiger partial charge in [-0.05, 0) is 30.8 Å². The fraction of sp³-hybridized carbons (Fsp3) is 0.600. The van der Waals surface area contributed by atoms with Crippen LogP contribution in [-0.2, 0) is 14.3 Å². The van der Waals surface area contributed by atoms with E-state index in [1.54, 1.807) is 0 Å². The molecule has 1 heterocycles. The summed E-state index contributed by atoms with van der Waals surface area (Å²) in [6, 6.07) is 0. The van der Waals surface area contributed by atoms with Crippen LogP contribution in [0.5, 0.6) is 0 Å². The van der Waals surface area contributed by atoms with E-state index in [4.69, 9.17) is 4.74 Å². The van der Waals surface area contributed by atoms with Crippen molar-refractivity contribution in [1.29, 1.82) is 0 Å². The third kappa shape index (κ3) is 1.82. The summed E-state index contributed by atoms with van der Waals surface area (Å²) >= 11 is 2.38. The average Bonchev–Trinajstić information content (AvgIpc) is 2.78. The summed E-state index contributed by atoms with van der Waals surface area (Å²) in [7, 11) is 0. The largest absolute Gasteiger partial charge is 0.457 e. The van der Waals surface area contributed by atoms with Gasteiger partial charge in [-0.15, -0.1) is 0 Å². The molecule has 2 aliphatic carbocycles. The van der Waals surface area contributed by atoms with Crippen molar-refractivity contribution >= 4 is 34.3 Å². The van der Waals surface area contributed by atoms with Crippen molar-refractivity contribution in [2.75, 3.05) is 0 Å². The zero-order valence-corrected chi connectivity index (χ0v) is 13.3. The van der Waals surface area contributed by atoms with Gasteiger partial charge in [-0.2, -0.15) is 0 Å². The van der Waals surface area contributed by atoms with Gasteiger partial charge in [0.05, 0.1) is 3.92 Å². The summed E-state index contributed by atoms with van der Waals surface area (Å²) in [4.78, 5) is 23.7. The van der Waals surface area contributed by atoms with Gasteiger partial charge < -0.3 is 4.74 Å². The monoisotopic (exact) mass is 372 g/mol. The number of hydrogen-bond donors (Lipinski definition) is 0. The molecule has 1 saturated carbocycles. The van der Waals surface area contributed by atoms with Crippen LogP contribution in [0.4, 0.5) is 0 Å². The molecular formula is C15H17IO3. The minimum absolute atomic E-state index is 0.0534. The highest BCUT2D eigenvalue weighted by Gasteiger charge is 2.50. The van der Waals surface area contributed by atoms with Crippen molar-refractivity contribution < 1.29 is 14.3 Å². The van der Waals surface area contributed by atoms with Crippen molar-refractivity contribution in [2.45, 2.75) is 36.7 Å². The van der Waals surface area contributed by atoms with E-state index in [1.807, 2.05) is 6.92 Å². The van der Waals surface area contributed by atoms with Crippen LogP contribution in [0, 0.1) is 17.8 Å². The second kappa shape index (κ2) is 4.43. The third-order valence-corrected chi connectivity index (χ3v) is 6.84. The van der Waals surface area contributed by atoms with E-state index in [-0.39, 0.29) is 27.7 Å². The number of ketones is 1. The van der Waals surface area contributed by atoms with Gasteiger partial charge in [-0.25, -0.2) is 4.79 Å². The molecule has 1 aliphatic heterocycles. The molecule has 2 fully saturated rings. The molecule has 5 atom stereocenters. The molecular weight excluding hydrogens is 355 g/mol. The first kappa shape index (κ1) is 13.3. The van der Waals surface area contributed by atoms with Crippen molar-refractivity contribution in [3.63, 3.8) is 0 Å². The summed E-state index contributed by atoms with van der Waals surface area (Å²) in [6.07, 6.45) is 1.32. The molecule has 0 aromatic carbocycles. The summed E-state index contributed by atoms with van der Waals surface area (Å²) in [5, 5.41) is 0. The topological polar surface area (TPSA) is 43.4 Å². The van der Waals surface area contributed by atoms with E-state index in [0.29, 0.717) is 23.8 Å². The van der Waals surface area contributed by atoms with Gasteiger partial charge in [0.25, 0.3) is 0 Å². The lowest BCUT2D eigenvalue weighted by atomic mass is 9.86. The number of fused-ring (bicyclic) bond motifs is 2. The highest BCUT2D eigenvalue weighted by molar-refractivity contribution is 14.1. The Morgan fingerprint density at radius 1 is 1.26 bits per heavy atom. The number of allylic oxidation sites excluding steroid dienone is 2. The molecule has 0 bridgehead atoms. The molecule has 3 nitrogen and oxygen atoms in total. The van der Waals surface area contributed by atoms with Gasteiger partial charge in [-0.3, -0.25) is 4.79 Å². The number of halogens is 1. The van der Waals surface area contributed by atoms with E-state index >= 15 is 0 Å². The molecule has 0 radical (unpaired) electrons. The Hall–Kier alpha value is -0.650. The molecule has 3 rings (SSSR count). The number of rotatable bonds is 0. The van der Waals surface area contributed by atoms with Gasteiger partial charge in [-0.1, -0.05) is 41.7 Å². The van der Waals surface area contributed by atoms with Gasteiger partial charge in [0.1, 0.15) is 6.10 Å². The average molecular weight is 372 g/mol. The Kier molecular flexibility index (Phi) is 3.11. The van der Waals surface area contributed by atoms with Crippen molar-refractivity contribution in [3.05, 3.63) is 23.3 Å². The molecule has 0 unspecified atom stereocenters. The number of carbonyl (C=O) groups is 2. The first-order valence-electron chi connectivity index (χ1n) is 6.68. The Balaban J connectivity index is 2.05. The lowest BCUT2D eigenvalue weighted by molar-refractivity contribution is -0.139. The summed E-state index contributed by atoms with van der Waals surface area (Å²) in [5.74, 6) is 0.740. The first-order chi connectivity index (χ1) is 8.91. The maximum atomic E-state index is 12.0. The Morgan fingerprint density at radius 3 is 2.63 bits per heavy atom. The standard InChI is InChI=1S/C15H17IO3/c1-6-9-4-11-8(3)15(18)19-14(11)13(16)7(2)10(9)5-12(6)17/h7,10-11,13-14H,3-5H2,1-2H3/t7-,10+,11-,13+,14+/m1/s1. The molecule has 102 valence electrons. The van der Waals surface area contributed by atoms with Crippen LogP contribution in [0.1, 0.15) is 26.7 Å². The molecule has 0 N–H and O–H groups in total. The highest BCUT2D eigenvalue weighted by atomic mass is 127. The van der Waals surface area contributed by atoms with E-state index in [1.165, 1.54) is 5.57 Å². The maximum Gasteiger partial charge on any atom is 0.334 e. The Bertz CT molecular complexity index is 519. The minimum atomic E-state index is -0.259. The van der Waals surface area contributed by atoms with Crippen LogP contribution in [0.25, 0.3) is 0 Å². The SMILES string of the molecule is C=C1C(=O)O[C@@H]2[C@@H](I)[C@H](C)[C@@H]3CC(=O)C(C)=C3C[C@H]12. The lowest BCUT2D eigenvalue weighted by Crippen LogP contribution is -2.32. The molecule has 0 amide bonds. The predicted octanol–water partition coefficient (Wildman–Crippen LogP) is 2.83. The summed E-state index contributed by atoms with van der Waals surface area (Å²) in [6.45, 7) is 7.99. The van der Waals surface area contributed by atoms with Crippen LogP contribution in [-0.4, -0.2) is 21.8 Å². The Labute approximate surface area is 126 Å². The van der Waals surface area contributed by atoms with Gasteiger partial charge in [0.15, 0.2) is 5.78 Å². The fourth-order valence-electron chi connectivity index (χ4n) is 3.66.